The minimum Gasteiger partial charge on any atom is -0.384 e. The average Bonchev–Trinajstić information content (AvgIpc) is 2.44. The van der Waals surface area contributed by atoms with E-state index in [-0.39, 0.29) is 30.7 Å². The number of hydrogen-bond acceptors (Lipinski definition) is 5. The number of amides is 2. The summed E-state index contributed by atoms with van der Waals surface area (Å²) in [5.74, 6) is 0.160. The molecule has 2 heterocycles. The maximum Gasteiger partial charge on any atom is 0.232 e. The predicted octanol–water partition coefficient (Wildman–Crippen LogP) is 0.262. The van der Waals surface area contributed by atoms with Crippen LogP contribution < -0.4 is 5.73 Å². The molecule has 1 aromatic rings. The second kappa shape index (κ2) is 4.12. The number of carbonyl (C=O) groups is 2. The molecule has 1 atom stereocenters. The van der Waals surface area contributed by atoms with Gasteiger partial charge in [0.15, 0.2) is 5.82 Å². The lowest BCUT2D eigenvalue weighted by Gasteiger charge is -2.13. The van der Waals surface area contributed by atoms with E-state index in [1.807, 2.05) is 0 Å². The number of rotatable bonds is 2. The zero-order valence-corrected chi connectivity index (χ0v) is 9.80. The Morgan fingerprint density at radius 1 is 1.47 bits per heavy atom. The van der Waals surface area contributed by atoms with Crippen molar-refractivity contribution in [3.63, 3.8) is 0 Å². The van der Waals surface area contributed by atoms with Gasteiger partial charge in [0, 0.05) is 24.1 Å². The Morgan fingerprint density at radius 3 is 2.71 bits per heavy atom. The summed E-state index contributed by atoms with van der Waals surface area (Å²) >= 11 is 0. The van der Waals surface area contributed by atoms with Crippen molar-refractivity contribution in [1.29, 1.82) is 0 Å². The molecule has 2 amide bonds. The minimum atomic E-state index is -0.246. The summed E-state index contributed by atoms with van der Waals surface area (Å²) in [6, 6.07) is 1.64. The molecule has 0 aliphatic carbocycles. The largest absolute Gasteiger partial charge is 0.384 e. The first kappa shape index (κ1) is 11.5. The molecule has 0 radical (unpaired) electrons. The summed E-state index contributed by atoms with van der Waals surface area (Å²) < 4.78 is 0. The number of nitrogen functional groups attached to an aromatic ring is 1. The van der Waals surface area contributed by atoms with Crippen molar-refractivity contribution in [1.82, 2.24) is 14.9 Å². The smallest absolute Gasteiger partial charge is 0.232 e. The summed E-state index contributed by atoms with van der Waals surface area (Å²) in [6.07, 6.45) is 0.264. The Kier molecular flexibility index (Phi) is 2.79. The molecule has 0 aromatic carbocycles. The summed E-state index contributed by atoms with van der Waals surface area (Å²) in [4.78, 5) is 32.7. The third kappa shape index (κ3) is 2.25. The summed E-state index contributed by atoms with van der Waals surface area (Å²) in [5.41, 5.74) is 6.31. The molecule has 1 aliphatic rings. The number of aryl methyl sites for hydroxylation is 1. The van der Waals surface area contributed by atoms with E-state index in [4.69, 9.17) is 5.73 Å². The summed E-state index contributed by atoms with van der Waals surface area (Å²) in [6.45, 7) is 3.64. The fourth-order valence-electron chi connectivity index (χ4n) is 1.88. The van der Waals surface area contributed by atoms with Crippen LogP contribution in [0.2, 0.25) is 0 Å². The number of carbonyl (C=O) groups excluding carboxylic acids is 2. The highest BCUT2D eigenvalue weighted by Gasteiger charge is 2.35. The monoisotopic (exact) mass is 234 g/mol. The Labute approximate surface area is 98.8 Å². The second-order valence-electron chi connectivity index (χ2n) is 4.27. The molecule has 2 N–H and O–H groups in total. The number of aromatic nitrogens is 2. The van der Waals surface area contributed by atoms with Crippen LogP contribution in [-0.4, -0.2) is 26.7 Å². The normalized spacial score (nSPS) is 20.1. The minimum absolute atomic E-state index is 0.105. The molecule has 2 rings (SSSR count). The number of nitrogens with two attached hydrogens (primary N) is 1. The van der Waals surface area contributed by atoms with E-state index in [1.54, 1.807) is 19.9 Å². The average molecular weight is 234 g/mol. The second-order valence-corrected chi connectivity index (χ2v) is 4.27. The SMILES string of the molecule is Cc1cc(N)nc(CN2C(=O)CC(C)C2=O)n1. The number of nitrogens with zero attached hydrogens (tertiary/aromatic N) is 3. The molecule has 90 valence electrons. The van der Waals surface area contributed by atoms with Crippen molar-refractivity contribution in [2.75, 3.05) is 5.73 Å². The van der Waals surface area contributed by atoms with Gasteiger partial charge >= 0.3 is 0 Å². The molecule has 1 aliphatic heterocycles. The maximum atomic E-state index is 11.7. The fourth-order valence-corrected chi connectivity index (χ4v) is 1.88. The van der Waals surface area contributed by atoms with Crippen LogP contribution in [0.1, 0.15) is 24.9 Å². The van der Waals surface area contributed by atoms with Gasteiger partial charge in [-0.3, -0.25) is 14.5 Å². The van der Waals surface area contributed by atoms with Crippen molar-refractivity contribution in [2.24, 2.45) is 5.92 Å². The van der Waals surface area contributed by atoms with Gasteiger partial charge in [-0.15, -0.1) is 0 Å². The molecule has 1 fully saturated rings. The summed E-state index contributed by atoms with van der Waals surface area (Å²) in [7, 11) is 0. The third-order valence-electron chi connectivity index (χ3n) is 2.69. The van der Waals surface area contributed by atoms with Crippen LogP contribution in [0, 0.1) is 12.8 Å². The van der Waals surface area contributed by atoms with Crippen molar-refractivity contribution < 1.29 is 9.59 Å². The van der Waals surface area contributed by atoms with E-state index in [0.29, 0.717) is 11.6 Å². The van der Waals surface area contributed by atoms with Crippen LogP contribution in [-0.2, 0) is 16.1 Å². The van der Waals surface area contributed by atoms with Crippen LogP contribution in [0.3, 0.4) is 0 Å². The van der Waals surface area contributed by atoms with Crippen LogP contribution in [0.15, 0.2) is 6.07 Å². The molecule has 1 unspecified atom stereocenters. The first-order valence-electron chi connectivity index (χ1n) is 5.41. The van der Waals surface area contributed by atoms with Crippen LogP contribution >= 0.6 is 0 Å². The van der Waals surface area contributed by atoms with E-state index in [0.717, 1.165) is 5.69 Å². The third-order valence-corrected chi connectivity index (χ3v) is 2.69. The lowest BCUT2D eigenvalue weighted by molar-refractivity contribution is -0.140. The van der Waals surface area contributed by atoms with E-state index >= 15 is 0 Å². The van der Waals surface area contributed by atoms with Crippen LogP contribution in [0.25, 0.3) is 0 Å². The van der Waals surface area contributed by atoms with Crippen LogP contribution in [0.5, 0.6) is 0 Å². The molecular weight excluding hydrogens is 220 g/mol. The first-order chi connectivity index (χ1) is 7.97. The lowest BCUT2D eigenvalue weighted by Crippen LogP contribution is -2.30. The quantitative estimate of drug-likeness (QED) is 0.741. The van der Waals surface area contributed by atoms with Crippen LogP contribution in [0.4, 0.5) is 5.82 Å². The number of likely N-dealkylation sites (tertiary alicyclic amines) is 1. The Hall–Kier alpha value is -1.98. The molecule has 1 saturated heterocycles. The molecule has 1 aromatic heterocycles. The van der Waals surface area contributed by atoms with E-state index in [2.05, 4.69) is 9.97 Å². The topological polar surface area (TPSA) is 89.2 Å². The lowest BCUT2D eigenvalue weighted by atomic mass is 10.1. The standard InChI is InChI=1S/C11H14N4O2/c1-6-3-10(16)15(11(6)17)5-9-13-7(2)4-8(12)14-9/h4,6H,3,5H2,1-2H3,(H2,12,13,14). The molecule has 0 spiro atoms. The van der Waals surface area contributed by atoms with Gasteiger partial charge in [-0.25, -0.2) is 9.97 Å². The van der Waals surface area contributed by atoms with Gasteiger partial charge in [-0.1, -0.05) is 6.92 Å². The van der Waals surface area contributed by atoms with Gasteiger partial charge in [-0.05, 0) is 6.92 Å². The van der Waals surface area contributed by atoms with Gasteiger partial charge in [-0.2, -0.15) is 0 Å². The molecular formula is C11H14N4O2. The number of imide groups is 1. The number of hydrogen-bond donors (Lipinski definition) is 1. The molecule has 0 saturated carbocycles. The van der Waals surface area contributed by atoms with E-state index in [9.17, 15) is 9.59 Å². The fraction of sp³-hybridized carbons (Fsp3) is 0.455. The zero-order chi connectivity index (χ0) is 12.6. The van der Waals surface area contributed by atoms with E-state index in [1.165, 1.54) is 4.90 Å². The molecule has 0 bridgehead atoms. The van der Waals surface area contributed by atoms with Crippen molar-refractivity contribution in [3.05, 3.63) is 17.6 Å². The predicted molar refractivity (Wildman–Crippen MR) is 60.5 cm³/mol. The van der Waals surface area contributed by atoms with E-state index < -0.39 is 0 Å². The van der Waals surface area contributed by atoms with Gasteiger partial charge in [0.25, 0.3) is 0 Å². The van der Waals surface area contributed by atoms with Gasteiger partial charge in [0.05, 0.1) is 6.54 Å². The van der Waals surface area contributed by atoms with Gasteiger partial charge < -0.3 is 5.73 Å². The van der Waals surface area contributed by atoms with Crippen molar-refractivity contribution in [3.8, 4) is 0 Å². The van der Waals surface area contributed by atoms with Crippen molar-refractivity contribution >= 4 is 17.6 Å². The summed E-state index contributed by atoms with van der Waals surface area (Å²) in [5, 5.41) is 0. The zero-order valence-electron chi connectivity index (χ0n) is 9.80. The molecule has 17 heavy (non-hydrogen) atoms. The van der Waals surface area contributed by atoms with Crippen molar-refractivity contribution in [2.45, 2.75) is 26.8 Å². The Bertz CT molecular complexity index is 466. The number of anilines is 1. The highest BCUT2D eigenvalue weighted by molar-refractivity contribution is 6.03. The molecule has 6 nitrogen and oxygen atoms in total. The highest BCUT2D eigenvalue weighted by Crippen LogP contribution is 2.20. The van der Waals surface area contributed by atoms with Gasteiger partial charge in [0.2, 0.25) is 11.8 Å². The van der Waals surface area contributed by atoms with Gasteiger partial charge in [0.1, 0.15) is 5.82 Å². The first-order valence-corrected chi connectivity index (χ1v) is 5.41. The Morgan fingerprint density at radius 2 is 2.18 bits per heavy atom. The highest BCUT2D eigenvalue weighted by atomic mass is 16.2. The Balaban J connectivity index is 2.21. The molecule has 6 heteroatoms. The maximum absolute atomic E-state index is 11.7.